The predicted molar refractivity (Wildman–Crippen MR) is 78.0 cm³/mol. The van der Waals surface area contributed by atoms with E-state index in [0.29, 0.717) is 11.4 Å². The van der Waals surface area contributed by atoms with Crippen molar-refractivity contribution >= 4 is 23.1 Å². The lowest BCUT2D eigenvalue weighted by Gasteiger charge is -2.00. The summed E-state index contributed by atoms with van der Waals surface area (Å²) in [5.74, 6) is -0.631. The molecule has 0 saturated heterocycles. The summed E-state index contributed by atoms with van der Waals surface area (Å²) in [6, 6.07) is 3.79. The second kappa shape index (κ2) is 5.90. The standard InChI is InChI=1S/C13H10F2N4S2/c1-19-7-16-18-13(19)21-6-11-17-10(5-20-11)12-8(14)3-2-4-9(12)15/h2-5,7H,6H2,1H3. The molecule has 3 aromatic rings. The fourth-order valence-corrected chi connectivity index (χ4v) is 3.46. The third kappa shape index (κ3) is 2.96. The van der Waals surface area contributed by atoms with Crippen molar-refractivity contribution in [3.05, 3.63) is 46.5 Å². The Bertz CT molecular complexity index is 749. The van der Waals surface area contributed by atoms with E-state index in [1.807, 2.05) is 7.05 Å². The summed E-state index contributed by atoms with van der Waals surface area (Å²) in [7, 11) is 1.85. The molecule has 2 aromatic heterocycles. The Kier molecular flexibility index (Phi) is 3.98. The molecule has 0 spiro atoms. The molecule has 0 aliphatic heterocycles. The number of thioether (sulfide) groups is 1. The van der Waals surface area contributed by atoms with Gasteiger partial charge < -0.3 is 4.57 Å². The number of aromatic nitrogens is 4. The van der Waals surface area contributed by atoms with Crippen molar-refractivity contribution < 1.29 is 8.78 Å². The zero-order valence-electron chi connectivity index (χ0n) is 11.0. The van der Waals surface area contributed by atoms with E-state index in [1.165, 1.54) is 41.3 Å². The second-order valence-corrected chi connectivity index (χ2v) is 6.12. The topological polar surface area (TPSA) is 43.6 Å². The first-order valence-electron chi connectivity index (χ1n) is 6.00. The molecule has 0 aliphatic rings. The third-order valence-electron chi connectivity index (χ3n) is 2.77. The molecular formula is C13H10F2N4S2. The molecule has 108 valence electrons. The smallest absolute Gasteiger partial charge is 0.191 e. The van der Waals surface area contributed by atoms with Crippen LogP contribution in [0.1, 0.15) is 5.01 Å². The maximum atomic E-state index is 13.7. The lowest BCUT2D eigenvalue weighted by molar-refractivity contribution is 0.589. The Balaban J connectivity index is 1.79. The van der Waals surface area contributed by atoms with Gasteiger partial charge in [-0.3, -0.25) is 0 Å². The summed E-state index contributed by atoms with van der Waals surface area (Å²) in [6.45, 7) is 0. The van der Waals surface area contributed by atoms with Gasteiger partial charge in [-0.05, 0) is 12.1 Å². The third-order valence-corrected chi connectivity index (χ3v) is 4.84. The molecular weight excluding hydrogens is 314 g/mol. The summed E-state index contributed by atoms with van der Waals surface area (Å²) in [6.07, 6.45) is 1.62. The zero-order chi connectivity index (χ0) is 14.8. The first kappa shape index (κ1) is 14.2. The molecule has 0 atom stereocenters. The average molecular weight is 324 g/mol. The van der Waals surface area contributed by atoms with Gasteiger partial charge in [0.15, 0.2) is 5.16 Å². The number of halogens is 2. The maximum absolute atomic E-state index is 13.7. The molecule has 4 nitrogen and oxygen atoms in total. The van der Waals surface area contributed by atoms with Crippen LogP contribution in [0.15, 0.2) is 35.1 Å². The van der Waals surface area contributed by atoms with Crippen LogP contribution in [0.25, 0.3) is 11.3 Å². The number of benzene rings is 1. The fraction of sp³-hybridized carbons (Fsp3) is 0.154. The Labute approximate surface area is 127 Å². The molecule has 0 radical (unpaired) electrons. The molecule has 0 unspecified atom stereocenters. The van der Waals surface area contributed by atoms with Crippen LogP contribution in [0.5, 0.6) is 0 Å². The predicted octanol–water partition coefficient (Wildman–Crippen LogP) is 3.51. The molecule has 0 aliphatic carbocycles. The summed E-state index contributed by atoms with van der Waals surface area (Å²) < 4.78 is 29.2. The van der Waals surface area contributed by atoms with E-state index in [9.17, 15) is 8.78 Å². The van der Waals surface area contributed by atoms with Gasteiger partial charge in [0, 0.05) is 12.4 Å². The Morgan fingerprint density at radius 2 is 2.05 bits per heavy atom. The van der Waals surface area contributed by atoms with Gasteiger partial charge in [-0.1, -0.05) is 17.8 Å². The molecule has 21 heavy (non-hydrogen) atoms. The van der Waals surface area contributed by atoms with Crippen molar-refractivity contribution in [3.8, 4) is 11.3 Å². The Morgan fingerprint density at radius 1 is 1.29 bits per heavy atom. The highest BCUT2D eigenvalue weighted by Gasteiger charge is 2.14. The van der Waals surface area contributed by atoms with Crippen LogP contribution in [0, 0.1) is 11.6 Å². The van der Waals surface area contributed by atoms with E-state index < -0.39 is 11.6 Å². The fourth-order valence-electron chi connectivity index (χ4n) is 1.76. The van der Waals surface area contributed by atoms with Gasteiger partial charge in [-0.25, -0.2) is 13.8 Å². The molecule has 0 saturated carbocycles. The van der Waals surface area contributed by atoms with Gasteiger partial charge in [0.05, 0.1) is 17.0 Å². The molecule has 0 bridgehead atoms. The van der Waals surface area contributed by atoms with E-state index in [1.54, 1.807) is 16.3 Å². The lowest BCUT2D eigenvalue weighted by atomic mass is 10.1. The molecule has 8 heteroatoms. The van der Waals surface area contributed by atoms with Crippen LogP contribution >= 0.6 is 23.1 Å². The Hall–Kier alpha value is -1.80. The number of thiazole rings is 1. The zero-order valence-corrected chi connectivity index (χ0v) is 12.6. The maximum Gasteiger partial charge on any atom is 0.191 e. The number of nitrogens with zero attached hydrogens (tertiary/aromatic N) is 4. The highest BCUT2D eigenvalue weighted by atomic mass is 32.2. The van der Waals surface area contributed by atoms with Crippen molar-refractivity contribution in [2.45, 2.75) is 10.9 Å². The number of hydrogen-bond acceptors (Lipinski definition) is 5. The van der Waals surface area contributed by atoms with E-state index in [2.05, 4.69) is 15.2 Å². The summed E-state index contributed by atoms with van der Waals surface area (Å²) in [5.41, 5.74) is 0.243. The van der Waals surface area contributed by atoms with Gasteiger partial charge in [-0.2, -0.15) is 0 Å². The van der Waals surface area contributed by atoms with E-state index >= 15 is 0 Å². The van der Waals surface area contributed by atoms with E-state index in [0.717, 1.165) is 10.2 Å². The van der Waals surface area contributed by atoms with Crippen molar-refractivity contribution in [1.82, 2.24) is 19.7 Å². The highest BCUT2D eigenvalue weighted by molar-refractivity contribution is 7.98. The number of aryl methyl sites for hydroxylation is 1. The van der Waals surface area contributed by atoms with Gasteiger partial charge in [-0.15, -0.1) is 21.5 Å². The van der Waals surface area contributed by atoms with Gasteiger partial charge in [0.2, 0.25) is 0 Å². The van der Waals surface area contributed by atoms with Crippen molar-refractivity contribution in [2.75, 3.05) is 0 Å². The number of rotatable bonds is 4. The first-order valence-corrected chi connectivity index (χ1v) is 7.87. The minimum atomic E-state index is -0.604. The summed E-state index contributed by atoms with van der Waals surface area (Å²) >= 11 is 2.84. The minimum absolute atomic E-state index is 0.0799. The SMILES string of the molecule is Cn1cnnc1SCc1nc(-c2c(F)cccc2F)cs1. The highest BCUT2D eigenvalue weighted by Crippen LogP contribution is 2.29. The number of hydrogen-bond donors (Lipinski definition) is 0. The molecule has 0 amide bonds. The molecule has 1 aromatic carbocycles. The second-order valence-electron chi connectivity index (χ2n) is 4.24. The quantitative estimate of drug-likeness (QED) is 0.689. The van der Waals surface area contributed by atoms with Gasteiger partial charge in [0.25, 0.3) is 0 Å². The minimum Gasteiger partial charge on any atom is -0.312 e. The first-order chi connectivity index (χ1) is 10.1. The monoisotopic (exact) mass is 324 g/mol. The molecule has 3 rings (SSSR count). The van der Waals surface area contributed by atoms with Gasteiger partial charge in [0.1, 0.15) is 23.0 Å². The normalized spacial score (nSPS) is 11.0. The average Bonchev–Trinajstić information content (AvgIpc) is 3.06. The molecule has 0 fully saturated rings. The van der Waals surface area contributed by atoms with E-state index in [-0.39, 0.29) is 5.56 Å². The molecule has 0 N–H and O–H groups in total. The van der Waals surface area contributed by atoms with Crippen molar-refractivity contribution in [3.63, 3.8) is 0 Å². The summed E-state index contributed by atoms with van der Waals surface area (Å²) in [5, 5.41) is 10.9. The van der Waals surface area contributed by atoms with Crippen molar-refractivity contribution in [2.24, 2.45) is 7.05 Å². The molecule has 2 heterocycles. The lowest BCUT2D eigenvalue weighted by Crippen LogP contribution is -1.91. The van der Waals surface area contributed by atoms with Crippen LogP contribution in [0.4, 0.5) is 8.78 Å². The van der Waals surface area contributed by atoms with Crippen LogP contribution in [-0.4, -0.2) is 19.7 Å². The van der Waals surface area contributed by atoms with Crippen molar-refractivity contribution in [1.29, 1.82) is 0 Å². The van der Waals surface area contributed by atoms with Crippen LogP contribution in [0.2, 0.25) is 0 Å². The van der Waals surface area contributed by atoms with Crippen LogP contribution in [0.3, 0.4) is 0 Å². The van der Waals surface area contributed by atoms with Gasteiger partial charge >= 0.3 is 0 Å². The van der Waals surface area contributed by atoms with Crippen LogP contribution < -0.4 is 0 Å². The van der Waals surface area contributed by atoms with Crippen LogP contribution in [-0.2, 0) is 12.8 Å². The largest absolute Gasteiger partial charge is 0.312 e. The van der Waals surface area contributed by atoms with E-state index in [4.69, 9.17) is 0 Å². The summed E-state index contributed by atoms with van der Waals surface area (Å²) in [4.78, 5) is 4.29. The Morgan fingerprint density at radius 3 is 2.71 bits per heavy atom.